The Labute approximate surface area is 143 Å². The Morgan fingerprint density at radius 3 is 2.54 bits per heavy atom. The molecule has 3 N–H and O–H groups in total. The van der Waals surface area contributed by atoms with Gasteiger partial charge in [0.05, 0.1) is 9.88 Å². The van der Waals surface area contributed by atoms with Crippen LogP contribution in [0.5, 0.6) is 0 Å². The van der Waals surface area contributed by atoms with E-state index in [2.05, 4.69) is 16.0 Å². The fourth-order valence-electron chi connectivity index (χ4n) is 2.17. The number of amides is 3. The highest BCUT2D eigenvalue weighted by Crippen LogP contribution is 2.31. The number of carbonyl (C=O) groups excluding carboxylic acids is 3. The van der Waals surface area contributed by atoms with Gasteiger partial charge in [-0.3, -0.25) is 14.4 Å². The molecule has 7 heteroatoms. The zero-order chi connectivity index (χ0) is 17.1. The molecule has 0 bridgehead atoms. The monoisotopic (exact) mass is 343 g/mol. The first-order chi connectivity index (χ1) is 11.6. The molecule has 1 fully saturated rings. The smallest absolute Gasteiger partial charge is 0.265 e. The van der Waals surface area contributed by atoms with Crippen LogP contribution >= 0.6 is 11.3 Å². The standard InChI is InChI=1S/C17H17N3O3S/c1-18-15(21)11-3-2-4-12(9-11)19-17(23)13-7-8-14(24-13)20-16(22)10-5-6-10/h2-4,7-10H,5-6H2,1H3,(H,18,21)(H,19,23)(H,20,22). The average Bonchev–Trinajstić information content (AvgIpc) is 3.34. The van der Waals surface area contributed by atoms with Crippen molar-refractivity contribution in [2.45, 2.75) is 12.8 Å². The molecule has 6 nitrogen and oxygen atoms in total. The van der Waals surface area contributed by atoms with Crippen molar-refractivity contribution in [3.05, 3.63) is 46.8 Å². The third-order valence-corrected chi connectivity index (χ3v) is 4.63. The van der Waals surface area contributed by atoms with E-state index in [0.29, 0.717) is 21.1 Å². The van der Waals surface area contributed by atoms with E-state index in [4.69, 9.17) is 0 Å². The third-order valence-electron chi connectivity index (χ3n) is 3.63. The van der Waals surface area contributed by atoms with Crippen molar-refractivity contribution >= 4 is 39.7 Å². The molecule has 1 aliphatic rings. The molecule has 1 aromatic carbocycles. The SMILES string of the molecule is CNC(=O)c1cccc(NC(=O)c2ccc(NC(=O)C3CC3)s2)c1. The van der Waals surface area contributed by atoms with Gasteiger partial charge in [0.1, 0.15) is 0 Å². The van der Waals surface area contributed by atoms with Crippen molar-refractivity contribution < 1.29 is 14.4 Å². The summed E-state index contributed by atoms with van der Waals surface area (Å²) >= 11 is 1.23. The Kier molecular flexibility index (Phi) is 4.61. The van der Waals surface area contributed by atoms with Crippen LogP contribution in [0.2, 0.25) is 0 Å². The summed E-state index contributed by atoms with van der Waals surface area (Å²) in [6.07, 6.45) is 1.87. The molecule has 3 amide bonds. The largest absolute Gasteiger partial charge is 0.355 e. The highest BCUT2D eigenvalue weighted by atomic mass is 32.1. The van der Waals surface area contributed by atoms with E-state index in [1.807, 2.05) is 0 Å². The van der Waals surface area contributed by atoms with Crippen molar-refractivity contribution in [3.8, 4) is 0 Å². The summed E-state index contributed by atoms with van der Waals surface area (Å²) < 4.78 is 0. The van der Waals surface area contributed by atoms with Crippen LogP contribution in [0.1, 0.15) is 32.9 Å². The van der Waals surface area contributed by atoms with Gasteiger partial charge in [-0.15, -0.1) is 11.3 Å². The number of rotatable bonds is 5. The average molecular weight is 343 g/mol. The Balaban J connectivity index is 1.65. The Bertz CT molecular complexity index is 796. The van der Waals surface area contributed by atoms with Crippen molar-refractivity contribution in [2.75, 3.05) is 17.7 Å². The summed E-state index contributed by atoms with van der Waals surface area (Å²) in [5.41, 5.74) is 1.01. The van der Waals surface area contributed by atoms with Crippen molar-refractivity contribution in [1.29, 1.82) is 0 Å². The summed E-state index contributed by atoms with van der Waals surface area (Å²) in [4.78, 5) is 36.1. The van der Waals surface area contributed by atoms with Gasteiger partial charge in [-0.25, -0.2) is 0 Å². The molecule has 24 heavy (non-hydrogen) atoms. The maximum atomic E-state index is 12.3. The van der Waals surface area contributed by atoms with Crippen LogP contribution in [0, 0.1) is 5.92 Å². The van der Waals surface area contributed by atoms with Crippen LogP contribution in [0.4, 0.5) is 10.7 Å². The summed E-state index contributed by atoms with van der Waals surface area (Å²) in [6.45, 7) is 0. The second-order valence-corrected chi connectivity index (χ2v) is 6.63. The highest BCUT2D eigenvalue weighted by Gasteiger charge is 2.29. The predicted octanol–water partition coefficient (Wildman–Crippen LogP) is 2.71. The number of thiophene rings is 1. The lowest BCUT2D eigenvalue weighted by Gasteiger charge is -2.06. The molecule has 0 saturated heterocycles. The molecule has 2 aromatic rings. The van der Waals surface area contributed by atoms with E-state index in [9.17, 15) is 14.4 Å². The van der Waals surface area contributed by atoms with Crippen LogP contribution in [0.15, 0.2) is 36.4 Å². The molecule has 1 saturated carbocycles. The Morgan fingerprint density at radius 1 is 1.04 bits per heavy atom. The summed E-state index contributed by atoms with van der Waals surface area (Å²) in [6, 6.07) is 10.1. The first kappa shape index (κ1) is 16.2. The number of hydrogen-bond acceptors (Lipinski definition) is 4. The topological polar surface area (TPSA) is 87.3 Å². The molecule has 1 heterocycles. The first-order valence-corrected chi connectivity index (χ1v) is 8.42. The summed E-state index contributed by atoms with van der Waals surface area (Å²) in [7, 11) is 1.55. The molecule has 1 aromatic heterocycles. The van der Waals surface area contributed by atoms with E-state index in [1.165, 1.54) is 11.3 Å². The number of benzene rings is 1. The highest BCUT2D eigenvalue weighted by molar-refractivity contribution is 7.18. The molecule has 124 valence electrons. The number of nitrogens with one attached hydrogen (secondary N) is 3. The third kappa shape index (κ3) is 3.80. The quantitative estimate of drug-likeness (QED) is 0.780. The molecule has 0 radical (unpaired) electrons. The van der Waals surface area contributed by atoms with Crippen LogP contribution in [-0.4, -0.2) is 24.8 Å². The first-order valence-electron chi connectivity index (χ1n) is 7.61. The lowest BCUT2D eigenvalue weighted by atomic mass is 10.2. The minimum absolute atomic E-state index is 0.0158. The maximum absolute atomic E-state index is 12.3. The van der Waals surface area contributed by atoms with Gasteiger partial charge >= 0.3 is 0 Å². The van der Waals surface area contributed by atoms with E-state index in [0.717, 1.165) is 12.8 Å². The van der Waals surface area contributed by atoms with Crippen molar-refractivity contribution in [2.24, 2.45) is 5.92 Å². The molecular formula is C17H17N3O3S. The van der Waals surface area contributed by atoms with Crippen molar-refractivity contribution in [1.82, 2.24) is 5.32 Å². The lowest BCUT2D eigenvalue weighted by molar-refractivity contribution is -0.117. The van der Waals surface area contributed by atoms with Crippen LogP contribution in [-0.2, 0) is 4.79 Å². The second-order valence-electron chi connectivity index (χ2n) is 5.54. The number of hydrogen-bond donors (Lipinski definition) is 3. The van der Waals surface area contributed by atoms with Gasteiger partial charge in [-0.05, 0) is 43.2 Å². The summed E-state index contributed by atoms with van der Waals surface area (Å²) in [5.74, 6) is -0.354. The lowest BCUT2D eigenvalue weighted by Crippen LogP contribution is -2.18. The Hall–Kier alpha value is -2.67. The number of carbonyl (C=O) groups is 3. The van der Waals surface area contributed by atoms with E-state index >= 15 is 0 Å². The molecular weight excluding hydrogens is 326 g/mol. The van der Waals surface area contributed by atoms with Gasteiger partial charge in [-0.1, -0.05) is 6.07 Å². The van der Waals surface area contributed by atoms with Crippen LogP contribution < -0.4 is 16.0 Å². The molecule has 1 aliphatic carbocycles. The molecule has 3 rings (SSSR count). The fraction of sp³-hybridized carbons (Fsp3) is 0.235. The normalized spacial score (nSPS) is 13.2. The van der Waals surface area contributed by atoms with E-state index in [-0.39, 0.29) is 23.6 Å². The zero-order valence-corrected chi connectivity index (χ0v) is 13.9. The van der Waals surface area contributed by atoms with Crippen LogP contribution in [0.25, 0.3) is 0 Å². The van der Waals surface area contributed by atoms with Gasteiger partial charge in [0.15, 0.2) is 0 Å². The zero-order valence-electron chi connectivity index (χ0n) is 13.1. The molecule has 0 spiro atoms. The van der Waals surface area contributed by atoms with Gasteiger partial charge < -0.3 is 16.0 Å². The molecule has 0 atom stereocenters. The summed E-state index contributed by atoms with van der Waals surface area (Å²) in [5, 5.41) is 8.78. The second kappa shape index (κ2) is 6.84. The van der Waals surface area contributed by atoms with Gasteiger partial charge in [-0.2, -0.15) is 0 Å². The fourth-order valence-corrected chi connectivity index (χ4v) is 2.98. The Morgan fingerprint density at radius 2 is 1.83 bits per heavy atom. The van der Waals surface area contributed by atoms with Gasteiger partial charge in [0.2, 0.25) is 5.91 Å². The number of anilines is 2. The van der Waals surface area contributed by atoms with E-state index < -0.39 is 0 Å². The van der Waals surface area contributed by atoms with Gasteiger partial charge in [0, 0.05) is 24.2 Å². The predicted molar refractivity (Wildman–Crippen MR) is 93.5 cm³/mol. The van der Waals surface area contributed by atoms with Crippen LogP contribution in [0.3, 0.4) is 0 Å². The minimum Gasteiger partial charge on any atom is -0.355 e. The molecule has 0 aliphatic heterocycles. The maximum Gasteiger partial charge on any atom is 0.265 e. The van der Waals surface area contributed by atoms with E-state index in [1.54, 1.807) is 43.4 Å². The van der Waals surface area contributed by atoms with Crippen molar-refractivity contribution in [3.63, 3.8) is 0 Å². The molecule has 0 unspecified atom stereocenters. The minimum atomic E-state index is -0.277. The van der Waals surface area contributed by atoms with Gasteiger partial charge in [0.25, 0.3) is 11.8 Å².